The van der Waals surface area contributed by atoms with Crippen LogP contribution in [0, 0.1) is 0 Å². The Bertz CT molecular complexity index is 443. The van der Waals surface area contributed by atoms with E-state index in [4.69, 9.17) is 4.74 Å². The molecule has 0 bridgehead atoms. The van der Waals surface area contributed by atoms with E-state index in [2.05, 4.69) is 32.0 Å². The summed E-state index contributed by atoms with van der Waals surface area (Å²) in [5, 5.41) is 1.32. The van der Waals surface area contributed by atoms with Crippen LogP contribution in [-0.2, 0) is 0 Å². The Kier molecular flexibility index (Phi) is 2.46. The van der Waals surface area contributed by atoms with Crippen LogP contribution >= 0.6 is 11.3 Å². The van der Waals surface area contributed by atoms with Gasteiger partial charge in [0.2, 0.25) is 0 Å². The molecule has 0 atom stereocenters. The van der Waals surface area contributed by atoms with Crippen LogP contribution in [0.5, 0.6) is 5.75 Å². The number of thiophene rings is 1. The molecular formula is C12H14OS. The molecule has 14 heavy (non-hydrogen) atoms. The van der Waals surface area contributed by atoms with Crippen molar-refractivity contribution in [2.24, 2.45) is 0 Å². The monoisotopic (exact) mass is 206 g/mol. The summed E-state index contributed by atoms with van der Waals surface area (Å²) in [6.45, 7) is 4.45. The molecule has 2 rings (SSSR count). The summed E-state index contributed by atoms with van der Waals surface area (Å²) in [6, 6.07) is 8.51. The van der Waals surface area contributed by atoms with E-state index in [1.54, 1.807) is 7.11 Å². The van der Waals surface area contributed by atoms with Crippen molar-refractivity contribution in [2.45, 2.75) is 19.8 Å². The Labute approximate surface area is 88.3 Å². The van der Waals surface area contributed by atoms with Gasteiger partial charge in [0, 0.05) is 9.58 Å². The molecule has 0 saturated heterocycles. The van der Waals surface area contributed by atoms with Crippen molar-refractivity contribution in [1.82, 2.24) is 0 Å². The molecule has 0 N–H and O–H groups in total. The summed E-state index contributed by atoms with van der Waals surface area (Å²) in [5.74, 6) is 1.55. The number of rotatable bonds is 2. The zero-order valence-electron chi connectivity index (χ0n) is 8.70. The van der Waals surface area contributed by atoms with Crippen molar-refractivity contribution < 1.29 is 4.74 Å². The molecule has 1 aromatic carbocycles. The van der Waals surface area contributed by atoms with Crippen molar-refractivity contribution in [2.75, 3.05) is 7.11 Å². The number of benzene rings is 1. The number of hydrogen-bond donors (Lipinski definition) is 0. The number of methoxy groups -OCH3 is 1. The lowest BCUT2D eigenvalue weighted by atomic mass is 10.1. The van der Waals surface area contributed by atoms with Gasteiger partial charge in [0.05, 0.1) is 7.11 Å². The van der Waals surface area contributed by atoms with E-state index in [9.17, 15) is 0 Å². The summed E-state index contributed by atoms with van der Waals surface area (Å²) in [4.78, 5) is 1.44. The van der Waals surface area contributed by atoms with E-state index < -0.39 is 0 Å². The summed E-state index contributed by atoms with van der Waals surface area (Å²) in [7, 11) is 1.71. The second-order valence-corrected chi connectivity index (χ2v) is 4.82. The maximum absolute atomic E-state index is 5.20. The van der Waals surface area contributed by atoms with Crippen molar-refractivity contribution in [3.05, 3.63) is 29.1 Å². The quantitative estimate of drug-likeness (QED) is 0.720. The Morgan fingerprint density at radius 3 is 2.64 bits per heavy atom. The lowest BCUT2D eigenvalue weighted by Crippen LogP contribution is -1.79. The minimum absolute atomic E-state index is 0.610. The first-order chi connectivity index (χ1) is 6.70. The Balaban J connectivity index is 2.54. The molecular weight excluding hydrogens is 192 g/mol. The molecule has 2 aromatic rings. The van der Waals surface area contributed by atoms with Crippen LogP contribution in [0.1, 0.15) is 24.6 Å². The predicted octanol–water partition coefficient (Wildman–Crippen LogP) is 4.03. The zero-order chi connectivity index (χ0) is 10.1. The second-order valence-electron chi connectivity index (χ2n) is 3.71. The second kappa shape index (κ2) is 3.62. The molecule has 0 aliphatic heterocycles. The van der Waals surface area contributed by atoms with Crippen molar-refractivity contribution in [1.29, 1.82) is 0 Å². The van der Waals surface area contributed by atoms with Crippen molar-refractivity contribution in [3.63, 3.8) is 0 Å². The fraction of sp³-hybridized carbons (Fsp3) is 0.333. The average molecular weight is 206 g/mol. The van der Waals surface area contributed by atoms with Crippen LogP contribution in [0.4, 0.5) is 0 Å². The molecule has 0 aliphatic carbocycles. The van der Waals surface area contributed by atoms with Gasteiger partial charge in [0.1, 0.15) is 5.75 Å². The highest BCUT2D eigenvalue weighted by atomic mass is 32.1. The van der Waals surface area contributed by atoms with E-state index in [0.717, 1.165) is 5.75 Å². The molecule has 0 radical (unpaired) electrons. The Hall–Kier alpha value is -1.02. The standard InChI is InChI=1S/C12H14OS/c1-8(2)11-6-9-4-5-10(13-3)7-12(9)14-11/h4-8H,1-3H3. The fourth-order valence-electron chi connectivity index (χ4n) is 1.44. The van der Waals surface area contributed by atoms with E-state index in [0.29, 0.717) is 5.92 Å². The van der Waals surface area contributed by atoms with Crippen molar-refractivity contribution >= 4 is 21.4 Å². The third-order valence-corrected chi connectivity index (χ3v) is 3.71. The summed E-state index contributed by atoms with van der Waals surface area (Å²) >= 11 is 1.85. The third-order valence-electron chi connectivity index (χ3n) is 2.32. The van der Waals surface area contributed by atoms with E-state index >= 15 is 0 Å². The summed E-state index contributed by atoms with van der Waals surface area (Å²) < 4.78 is 6.51. The molecule has 74 valence electrons. The molecule has 0 spiro atoms. The lowest BCUT2D eigenvalue weighted by Gasteiger charge is -1.97. The molecule has 1 aromatic heterocycles. The largest absolute Gasteiger partial charge is 0.497 e. The normalized spacial score (nSPS) is 11.1. The minimum Gasteiger partial charge on any atom is -0.497 e. The minimum atomic E-state index is 0.610. The average Bonchev–Trinajstić information content (AvgIpc) is 2.59. The lowest BCUT2D eigenvalue weighted by molar-refractivity contribution is 0.415. The third kappa shape index (κ3) is 1.62. The molecule has 1 heterocycles. The molecule has 0 fully saturated rings. The van der Waals surface area contributed by atoms with Crippen LogP contribution in [0.3, 0.4) is 0 Å². The maximum Gasteiger partial charge on any atom is 0.120 e. The SMILES string of the molecule is COc1ccc2cc(C(C)C)sc2c1. The molecule has 0 aliphatic rings. The summed E-state index contributed by atoms with van der Waals surface area (Å²) in [5.41, 5.74) is 0. The maximum atomic E-state index is 5.20. The zero-order valence-corrected chi connectivity index (χ0v) is 9.52. The molecule has 2 heteroatoms. The Morgan fingerprint density at radius 2 is 2.00 bits per heavy atom. The van der Waals surface area contributed by atoms with Crippen LogP contribution in [0.15, 0.2) is 24.3 Å². The van der Waals surface area contributed by atoms with Crippen LogP contribution in [0.2, 0.25) is 0 Å². The smallest absolute Gasteiger partial charge is 0.120 e. The Morgan fingerprint density at radius 1 is 1.21 bits per heavy atom. The predicted molar refractivity (Wildman–Crippen MR) is 62.5 cm³/mol. The van der Waals surface area contributed by atoms with Crippen molar-refractivity contribution in [3.8, 4) is 5.75 Å². The van der Waals surface area contributed by atoms with Gasteiger partial charge < -0.3 is 4.74 Å². The van der Waals surface area contributed by atoms with E-state index in [1.807, 2.05) is 17.4 Å². The number of hydrogen-bond acceptors (Lipinski definition) is 2. The van der Waals surface area contributed by atoms with Gasteiger partial charge in [0.25, 0.3) is 0 Å². The van der Waals surface area contributed by atoms with Gasteiger partial charge in [0.15, 0.2) is 0 Å². The molecule has 0 unspecified atom stereocenters. The molecule has 0 saturated carbocycles. The highest BCUT2D eigenvalue weighted by Gasteiger charge is 2.05. The van der Waals surface area contributed by atoms with Crippen LogP contribution < -0.4 is 4.74 Å². The van der Waals surface area contributed by atoms with Gasteiger partial charge in [-0.05, 0) is 35.6 Å². The van der Waals surface area contributed by atoms with E-state index in [-0.39, 0.29) is 0 Å². The van der Waals surface area contributed by atoms with Crippen LogP contribution in [-0.4, -0.2) is 7.11 Å². The van der Waals surface area contributed by atoms with Gasteiger partial charge in [-0.1, -0.05) is 13.8 Å². The highest BCUT2D eigenvalue weighted by molar-refractivity contribution is 7.19. The van der Waals surface area contributed by atoms with Gasteiger partial charge in [-0.25, -0.2) is 0 Å². The highest BCUT2D eigenvalue weighted by Crippen LogP contribution is 2.32. The fourth-order valence-corrected chi connectivity index (χ4v) is 2.54. The molecule has 0 amide bonds. The number of ether oxygens (including phenoxy) is 1. The molecule has 1 nitrogen and oxygen atoms in total. The first-order valence-corrected chi connectivity index (χ1v) is 5.60. The van der Waals surface area contributed by atoms with Crippen LogP contribution in [0.25, 0.3) is 10.1 Å². The van der Waals surface area contributed by atoms with Gasteiger partial charge in [-0.2, -0.15) is 0 Å². The first kappa shape index (κ1) is 9.53. The van der Waals surface area contributed by atoms with E-state index in [1.165, 1.54) is 15.0 Å². The summed E-state index contributed by atoms with van der Waals surface area (Å²) in [6.07, 6.45) is 0. The first-order valence-electron chi connectivity index (χ1n) is 4.78. The van der Waals surface area contributed by atoms with Gasteiger partial charge in [-0.15, -0.1) is 11.3 Å². The van der Waals surface area contributed by atoms with Gasteiger partial charge >= 0.3 is 0 Å². The van der Waals surface area contributed by atoms with Gasteiger partial charge in [-0.3, -0.25) is 0 Å². The number of fused-ring (bicyclic) bond motifs is 1. The topological polar surface area (TPSA) is 9.23 Å².